The number of allylic oxidation sites excluding steroid dienone is 3. The Balaban J connectivity index is 1.70. The molecule has 0 aliphatic heterocycles. The van der Waals surface area contributed by atoms with Gasteiger partial charge in [0.1, 0.15) is 0 Å². The number of rotatable bonds is 0. The fourth-order valence-corrected chi connectivity index (χ4v) is 5.67. The van der Waals surface area contributed by atoms with Crippen molar-refractivity contribution in [1.82, 2.24) is 0 Å². The van der Waals surface area contributed by atoms with Gasteiger partial charge in [0, 0.05) is 6.42 Å². The highest BCUT2D eigenvalue weighted by atomic mass is 16.3. The van der Waals surface area contributed by atoms with E-state index in [2.05, 4.69) is 19.1 Å². The monoisotopic (exact) mass is 272 g/mol. The SMILES string of the molecule is CC12C=CCC1C1CCC3=CC(=O)CC[C@]3(O)C1CC2. The molecule has 4 aliphatic rings. The van der Waals surface area contributed by atoms with E-state index in [0.717, 1.165) is 24.8 Å². The van der Waals surface area contributed by atoms with E-state index >= 15 is 0 Å². The molecule has 2 nitrogen and oxygen atoms in total. The number of ketones is 1. The summed E-state index contributed by atoms with van der Waals surface area (Å²) in [6.45, 7) is 2.40. The average Bonchev–Trinajstić information content (AvgIpc) is 2.81. The van der Waals surface area contributed by atoms with Crippen molar-refractivity contribution in [3.63, 3.8) is 0 Å². The van der Waals surface area contributed by atoms with Crippen LogP contribution in [0.3, 0.4) is 0 Å². The van der Waals surface area contributed by atoms with E-state index in [9.17, 15) is 9.90 Å². The van der Waals surface area contributed by atoms with E-state index in [-0.39, 0.29) is 5.78 Å². The molecule has 4 aliphatic carbocycles. The lowest BCUT2D eigenvalue weighted by molar-refractivity contribution is -0.123. The molecule has 0 aromatic rings. The van der Waals surface area contributed by atoms with Gasteiger partial charge in [0.25, 0.3) is 0 Å². The van der Waals surface area contributed by atoms with Crippen LogP contribution >= 0.6 is 0 Å². The van der Waals surface area contributed by atoms with Gasteiger partial charge in [0.2, 0.25) is 0 Å². The summed E-state index contributed by atoms with van der Waals surface area (Å²) in [7, 11) is 0. The molecule has 0 radical (unpaired) electrons. The number of fused-ring (bicyclic) bond motifs is 5. The van der Waals surface area contributed by atoms with E-state index in [4.69, 9.17) is 0 Å². The summed E-state index contributed by atoms with van der Waals surface area (Å²) in [5, 5.41) is 11.3. The quantitative estimate of drug-likeness (QED) is 0.686. The molecule has 1 N–H and O–H groups in total. The van der Waals surface area contributed by atoms with E-state index < -0.39 is 5.60 Å². The highest BCUT2D eigenvalue weighted by Crippen LogP contribution is 2.60. The average molecular weight is 272 g/mol. The molecule has 0 heterocycles. The van der Waals surface area contributed by atoms with Gasteiger partial charge in [-0.1, -0.05) is 19.1 Å². The second-order valence-corrected chi connectivity index (χ2v) is 7.66. The third-order valence-electron chi connectivity index (χ3n) is 6.77. The van der Waals surface area contributed by atoms with Crippen LogP contribution in [-0.4, -0.2) is 16.5 Å². The summed E-state index contributed by atoms with van der Waals surface area (Å²) in [4.78, 5) is 11.7. The standard InChI is InChI=1S/C18H24O2/c1-17-8-2-3-15(17)14-5-4-12-11-13(19)6-10-18(12,20)16(14)7-9-17/h2,8,11,14-16,20H,3-7,9-10H2,1H3/t14?,15?,16?,17?,18-/m1/s1. The van der Waals surface area contributed by atoms with E-state index in [0.29, 0.717) is 36.0 Å². The second-order valence-electron chi connectivity index (χ2n) is 7.66. The Morgan fingerprint density at radius 3 is 2.90 bits per heavy atom. The molecule has 0 aromatic heterocycles. The Morgan fingerprint density at radius 1 is 1.20 bits per heavy atom. The molecular formula is C18H24O2. The normalized spacial score (nSPS) is 50.2. The summed E-state index contributed by atoms with van der Waals surface area (Å²) in [6.07, 6.45) is 13.3. The molecule has 108 valence electrons. The van der Waals surface area contributed by atoms with Crippen molar-refractivity contribution in [2.75, 3.05) is 0 Å². The van der Waals surface area contributed by atoms with Crippen molar-refractivity contribution in [2.45, 2.75) is 57.5 Å². The zero-order chi connectivity index (χ0) is 14.0. The first kappa shape index (κ1) is 12.8. The van der Waals surface area contributed by atoms with Gasteiger partial charge < -0.3 is 5.11 Å². The van der Waals surface area contributed by atoms with Crippen LogP contribution in [0.4, 0.5) is 0 Å². The number of hydrogen-bond donors (Lipinski definition) is 1. The molecule has 0 spiro atoms. The van der Waals surface area contributed by atoms with E-state index in [1.165, 1.54) is 12.8 Å². The lowest BCUT2D eigenvalue weighted by Crippen LogP contribution is -2.54. The van der Waals surface area contributed by atoms with Crippen molar-refractivity contribution in [3.05, 3.63) is 23.8 Å². The number of carbonyl (C=O) groups is 1. The van der Waals surface area contributed by atoms with Gasteiger partial charge in [-0.2, -0.15) is 0 Å². The summed E-state index contributed by atoms with van der Waals surface area (Å²) in [5.41, 5.74) is 0.744. The molecule has 2 saturated carbocycles. The van der Waals surface area contributed by atoms with Gasteiger partial charge in [-0.3, -0.25) is 4.79 Å². The largest absolute Gasteiger partial charge is 0.385 e. The van der Waals surface area contributed by atoms with E-state index in [1.54, 1.807) is 6.08 Å². The fourth-order valence-electron chi connectivity index (χ4n) is 5.67. The van der Waals surface area contributed by atoms with Crippen LogP contribution in [0.25, 0.3) is 0 Å². The molecule has 4 unspecified atom stereocenters. The molecule has 0 saturated heterocycles. The molecule has 20 heavy (non-hydrogen) atoms. The fraction of sp³-hybridized carbons (Fsp3) is 0.722. The van der Waals surface area contributed by atoms with Gasteiger partial charge in [0.15, 0.2) is 5.78 Å². The van der Waals surface area contributed by atoms with Crippen LogP contribution in [0.5, 0.6) is 0 Å². The third kappa shape index (κ3) is 1.57. The molecule has 2 fully saturated rings. The minimum atomic E-state index is -0.666. The zero-order valence-electron chi connectivity index (χ0n) is 12.3. The molecule has 0 bridgehead atoms. The van der Waals surface area contributed by atoms with Crippen LogP contribution in [0.2, 0.25) is 0 Å². The van der Waals surface area contributed by atoms with Crippen LogP contribution in [-0.2, 0) is 4.79 Å². The lowest BCUT2D eigenvalue weighted by Gasteiger charge is -2.56. The van der Waals surface area contributed by atoms with Crippen LogP contribution in [0, 0.1) is 23.2 Å². The maximum absolute atomic E-state index is 11.7. The summed E-state index contributed by atoms with van der Waals surface area (Å²) in [6, 6.07) is 0. The predicted octanol–water partition coefficient (Wildman–Crippen LogP) is 3.41. The van der Waals surface area contributed by atoms with Crippen molar-refractivity contribution in [1.29, 1.82) is 0 Å². The van der Waals surface area contributed by atoms with Crippen molar-refractivity contribution in [3.8, 4) is 0 Å². The molecule has 0 amide bonds. The first-order valence-corrected chi connectivity index (χ1v) is 8.17. The zero-order valence-corrected chi connectivity index (χ0v) is 12.3. The second kappa shape index (κ2) is 4.07. The minimum absolute atomic E-state index is 0.214. The first-order chi connectivity index (χ1) is 9.53. The molecular weight excluding hydrogens is 248 g/mol. The predicted molar refractivity (Wildman–Crippen MR) is 78.1 cm³/mol. The van der Waals surface area contributed by atoms with Gasteiger partial charge in [0.05, 0.1) is 5.60 Å². The Kier molecular flexibility index (Phi) is 2.61. The highest BCUT2D eigenvalue weighted by molar-refractivity contribution is 5.92. The molecule has 0 aromatic carbocycles. The van der Waals surface area contributed by atoms with Crippen LogP contribution < -0.4 is 0 Å². The first-order valence-electron chi connectivity index (χ1n) is 8.17. The van der Waals surface area contributed by atoms with Gasteiger partial charge >= 0.3 is 0 Å². The molecule has 5 atom stereocenters. The highest BCUT2D eigenvalue weighted by Gasteiger charge is 2.56. The van der Waals surface area contributed by atoms with Crippen molar-refractivity contribution < 1.29 is 9.90 Å². The molecule has 4 rings (SSSR count). The minimum Gasteiger partial charge on any atom is -0.385 e. The van der Waals surface area contributed by atoms with Crippen LogP contribution in [0.15, 0.2) is 23.8 Å². The van der Waals surface area contributed by atoms with Crippen molar-refractivity contribution in [2.24, 2.45) is 23.2 Å². The summed E-state index contributed by atoms with van der Waals surface area (Å²) in [5.74, 6) is 1.95. The lowest BCUT2D eigenvalue weighted by atomic mass is 9.51. The Labute approximate surface area is 120 Å². The van der Waals surface area contributed by atoms with Gasteiger partial charge in [-0.05, 0) is 73.3 Å². The van der Waals surface area contributed by atoms with Gasteiger partial charge in [-0.15, -0.1) is 0 Å². The number of aliphatic hydroxyl groups is 1. The van der Waals surface area contributed by atoms with E-state index in [1.807, 2.05) is 0 Å². The Bertz CT molecular complexity index is 518. The Morgan fingerprint density at radius 2 is 2.05 bits per heavy atom. The maximum atomic E-state index is 11.7. The summed E-state index contributed by atoms with van der Waals surface area (Å²) >= 11 is 0. The topological polar surface area (TPSA) is 37.3 Å². The third-order valence-corrected chi connectivity index (χ3v) is 6.77. The summed E-state index contributed by atoms with van der Waals surface area (Å²) < 4.78 is 0. The smallest absolute Gasteiger partial charge is 0.155 e. The number of carbonyl (C=O) groups excluding carboxylic acids is 1. The maximum Gasteiger partial charge on any atom is 0.155 e. The molecule has 2 heteroatoms. The number of hydrogen-bond acceptors (Lipinski definition) is 2. The Hall–Kier alpha value is -0.890. The van der Waals surface area contributed by atoms with Crippen LogP contribution in [0.1, 0.15) is 51.9 Å². The van der Waals surface area contributed by atoms with Crippen molar-refractivity contribution >= 4 is 5.78 Å². The van der Waals surface area contributed by atoms with Gasteiger partial charge in [-0.25, -0.2) is 0 Å².